The number of pyridine rings is 2. The van der Waals surface area contributed by atoms with Crippen LogP contribution in [0.5, 0.6) is 0 Å². The van der Waals surface area contributed by atoms with E-state index in [1.54, 1.807) is 24.7 Å². The molecular weight excluding hydrogens is 389 g/mol. The number of rotatable bonds is 3. The van der Waals surface area contributed by atoms with Crippen LogP contribution < -0.4 is 0 Å². The van der Waals surface area contributed by atoms with Crippen LogP contribution in [0.2, 0.25) is 0 Å². The summed E-state index contributed by atoms with van der Waals surface area (Å²) in [5, 5.41) is 9.62. The molecule has 0 fully saturated rings. The molecule has 5 nitrogen and oxygen atoms in total. The minimum absolute atomic E-state index is 0.273. The zero-order valence-corrected chi connectivity index (χ0v) is 16.3. The number of aromatic nitrogens is 5. The molecule has 0 amide bonds. The highest BCUT2D eigenvalue weighted by Crippen LogP contribution is 2.34. The van der Waals surface area contributed by atoms with Crippen LogP contribution in [-0.4, -0.2) is 25.1 Å². The van der Waals surface area contributed by atoms with Gasteiger partial charge in [-0.05, 0) is 48.0 Å². The van der Waals surface area contributed by atoms with E-state index in [2.05, 4.69) is 31.2 Å². The number of hydrogen-bond donors (Lipinski definition) is 2. The van der Waals surface area contributed by atoms with Gasteiger partial charge in [0, 0.05) is 34.3 Å². The SMILES string of the molecule is Fc1cccc(-c2cncc3[nH]c(-c4n[nH]c5ccc(-c6ccccn6)cc45)cc23)c1. The number of hydrogen-bond acceptors (Lipinski definition) is 3. The van der Waals surface area contributed by atoms with Crippen LogP contribution >= 0.6 is 0 Å². The lowest BCUT2D eigenvalue weighted by atomic mass is 10.0. The van der Waals surface area contributed by atoms with Gasteiger partial charge in [-0.1, -0.05) is 24.3 Å². The van der Waals surface area contributed by atoms with E-state index in [-0.39, 0.29) is 5.82 Å². The molecule has 0 unspecified atom stereocenters. The number of H-pyrrole nitrogens is 2. The van der Waals surface area contributed by atoms with E-state index in [0.29, 0.717) is 0 Å². The standard InChI is InChI=1S/C25H16FN5/c26-17-5-3-4-15(10-17)20-13-27-14-24-18(20)12-23(29-24)25-19-11-16(7-8-22(19)30-31-25)21-6-1-2-9-28-21/h1-14,29H,(H,30,31). The van der Waals surface area contributed by atoms with Gasteiger partial charge in [-0.15, -0.1) is 0 Å². The fourth-order valence-corrected chi connectivity index (χ4v) is 3.98. The van der Waals surface area contributed by atoms with Gasteiger partial charge in [0.2, 0.25) is 0 Å². The Balaban J connectivity index is 1.52. The molecule has 148 valence electrons. The first-order valence-corrected chi connectivity index (χ1v) is 9.89. The molecular formula is C25H16FN5. The summed E-state index contributed by atoms with van der Waals surface area (Å²) in [7, 11) is 0. The smallest absolute Gasteiger partial charge is 0.123 e. The van der Waals surface area contributed by atoms with E-state index in [1.165, 1.54) is 12.1 Å². The van der Waals surface area contributed by atoms with Crippen LogP contribution in [0.4, 0.5) is 4.39 Å². The van der Waals surface area contributed by atoms with Crippen molar-refractivity contribution in [1.29, 1.82) is 0 Å². The first-order chi connectivity index (χ1) is 15.3. The normalized spacial score (nSPS) is 11.4. The van der Waals surface area contributed by atoms with E-state index in [1.807, 2.05) is 42.5 Å². The Kier molecular flexibility index (Phi) is 3.89. The number of nitrogens with one attached hydrogen (secondary N) is 2. The number of nitrogens with zero attached hydrogens (tertiary/aromatic N) is 3. The second-order valence-corrected chi connectivity index (χ2v) is 7.39. The van der Waals surface area contributed by atoms with Gasteiger partial charge in [0.15, 0.2) is 0 Å². The summed E-state index contributed by atoms with van der Waals surface area (Å²) < 4.78 is 13.8. The summed E-state index contributed by atoms with van der Waals surface area (Å²) in [5.74, 6) is -0.273. The van der Waals surface area contributed by atoms with E-state index in [4.69, 9.17) is 0 Å². The Bertz CT molecular complexity index is 1550. The van der Waals surface area contributed by atoms with E-state index >= 15 is 0 Å². The highest BCUT2D eigenvalue weighted by Gasteiger charge is 2.15. The first-order valence-electron chi connectivity index (χ1n) is 9.89. The maximum absolute atomic E-state index is 13.8. The van der Waals surface area contributed by atoms with E-state index in [0.717, 1.165) is 55.6 Å². The van der Waals surface area contributed by atoms with Crippen LogP contribution in [0.25, 0.3) is 55.6 Å². The summed E-state index contributed by atoms with van der Waals surface area (Å²) in [5.41, 5.74) is 7.08. The number of fused-ring (bicyclic) bond motifs is 2. The van der Waals surface area contributed by atoms with Crippen molar-refractivity contribution in [3.8, 4) is 33.8 Å². The zero-order valence-electron chi connectivity index (χ0n) is 16.3. The molecule has 2 N–H and O–H groups in total. The van der Waals surface area contributed by atoms with Crippen molar-refractivity contribution >= 4 is 21.8 Å². The molecule has 0 bridgehead atoms. The summed E-state index contributed by atoms with van der Waals surface area (Å²) in [6, 6.07) is 20.6. The van der Waals surface area contributed by atoms with Gasteiger partial charge in [0.05, 0.1) is 28.6 Å². The molecule has 4 heterocycles. The summed E-state index contributed by atoms with van der Waals surface area (Å²) in [6.45, 7) is 0. The topological polar surface area (TPSA) is 70.2 Å². The number of benzene rings is 2. The third kappa shape index (κ3) is 2.97. The van der Waals surface area contributed by atoms with Crippen LogP contribution in [0.1, 0.15) is 0 Å². The van der Waals surface area contributed by atoms with Crippen LogP contribution in [-0.2, 0) is 0 Å². The Morgan fingerprint density at radius 2 is 1.74 bits per heavy atom. The van der Waals surface area contributed by atoms with Gasteiger partial charge >= 0.3 is 0 Å². The molecule has 4 aromatic heterocycles. The molecule has 0 aliphatic heterocycles. The number of aromatic amines is 2. The van der Waals surface area contributed by atoms with Crippen molar-refractivity contribution in [2.45, 2.75) is 0 Å². The van der Waals surface area contributed by atoms with Crippen molar-refractivity contribution in [1.82, 2.24) is 25.1 Å². The Morgan fingerprint density at radius 1 is 0.774 bits per heavy atom. The average molecular weight is 405 g/mol. The van der Waals surface area contributed by atoms with Gasteiger partial charge < -0.3 is 4.98 Å². The fraction of sp³-hybridized carbons (Fsp3) is 0. The lowest BCUT2D eigenvalue weighted by Gasteiger charge is -2.02. The largest absolute Gasteiger partial charge is 0.352 e. The third-order valence-corrected chi connectivity index (χ3v) is 5.46. The van der Waals surface area contributed by atoms with E-state index in [9.17, 15) is 4.39 Å². The van der Waals surface area contributed by atoms with Crippen molar-refractivity contribution in [3.63, 3.8) is 0 Å². The molecule has 6 aromatic rings. The molecule has 0 atom stereocenters. The number of halogens is 1. The maximum Gasteiger partial charge on any atom is 0.123 e. The summed E-state index contributed by atoms with van der Waals surface area (Å²) in [6.07, 6.45) is 5.32. The minimum Gasteiger partial charge on any atom is -0.352 e. The van der Waals surface area contributed by atoms with Crippen LogP contribution in [0.3, 0.4) is 0 Å². The summed E-state index contributed by atoms with van der Waals surface area (Å²) >= 11 is 0. The van der Waals surface area contributed by atoms with Gasteiger partial charge in [0.1, 0.15) is 11.5 Å². The fourth-order valence-electron chi connectivity index (χ4n) is 3.98. The van der Waals surface area contributed by atoms with E-state index < -0.39 is 0 Å². The van der Waals surface area contributed by atoms with Crippen molar-refractivity contribution in [2.75, 3.05) is 0 Å². The van der Waals surface area contributed by atoms with Crippen molar-refractivity contribution in [2.24, 2.45) is 0 Å². The van der Waals surface area contributed by atoms with Crippen molar-refractivity contribution < 1.29 is 4.39 Å². The second-order valence-electron chi connectivity index (χ2n) is 7.39. The second kappa shape index (κ2) is 6.88. The van der Waals surface area contributed by atoms with Gasteiger partial charge in [-0.3, -0.25) is 15.1 Å². The van der Waals surface area contributed by atoms with Gasteiger partial charge in [-0.2, -0.15) is 5.10 Å². The summed E-state index contributed by atoms with van der Waals surface area (Å²) in [4.78, 5) is 12.2. The molecule has 6 heteroatoms. The zero-order chi connectivity index (χ0) is 20.8. The van der Waals surface area contributed by atoms with Gasteiger partial charge in [0.25, 0.3) is 0 Å². The lowest BCUT2D eigenvalue weighted by molar-refractivity contribution is 0.628. The monoisotopic (exact) mass is 405 g/mol. The van der Waals surface area contributed by atoms with Crippen LogP contribution in [0, 0.1) is 5.82 Å². The molecule has 0 saturated carbocycles. The van der Waals surface area contributed by atoms with Crippen LogP contribution in [0.15, 0.2) is 85.3 Å². The quantitative estimate of drug-likeness (QED) is 0.381. The maximum atomic E-state index is 13.8. The molecule has 0 spiro atoms. The lowest BCUT2D eigenvalue weighted by Crippen LogP contribution is -1.83. The third-order valence-electron chi connectivity index (χ3n) is 5.46. The molecule has 0 aliphatic rings. The highest BCUT2D eigenvalue weighted by molar-refractivity contribution is 6.01. The molecule has 2 aromatic carbocycles. The highest BCUT2D eigenvalue weighted by atomic mass is 19.1. The average Bonchev–Trinajstić information content (AvgIpc) is 3.43. The molecule has 0 radical (unpaired) electrons. The first kappa shape index (κ1) is 17.5. The Morgan fingerprint density at radius 3 is 2.61 bits per heavy atom. The molecule has 0 aliphatic carbocycles. The predicted octanol–water partition coefficient (Wildman–Crippen LogP) is 5.97. The van der Waals surface area contributed by atoms with Crippen molar-refractivity contribution in [3.05, 3.63) is 91.1 Å². The molecule has 31 heavy (non-hydrogen) atoms. The predicted molar refractivity (Wildman–Crippen MR) is 120 cm³/mol. The molecule has 6 rings (SSSR count). The van der Waals surface area contributed by atoms with Gasteiger partial charge in [-0.25, -0.2) is 4.39 Å². The Labute approximate surface area is 176 Å². The Hall–Kier alpha value is -4.32. The molecule has 0 saturated heterocycles. The minimum atomic E-state index is -0.273.